The maximum atomic E-state index is 12.5. The molecule has 0 aliphatic carbocycles. The van der Waals surface area contributed by atoms with E-state index in [0.29, 0.717) is 33.2 Å². The molecule has 1 heterocycles. The smallest absolute Gasteiger partial charge is 0.349 e. The Kier molecular flexibility index (Phi) is 4.63. The van der Waals surface area contributed by atoms with Crippen LogP contribution < -0.4 is 20.4 Å². The Balaban J connectivity index is 2.01. The fourth-order valence-corrected chi connectivity index (χ4v) is 2.53. The molecule has 6 nitrogen and oxygen atoms in total. The number of amides is 1. The second-order valence-corrected chi connectivity index (χ2v) is 5.59. The van der Waals surface area contributed by atoms with Crippen molar-refractivity contribution in [1.82, 2.24) is 0 Å². The molecule has 1 amide bonds. The van der Waals surface area contributed by atoms with E-state index in [1.165, 1.54) is 26.4 Å². The molecular weight excluding hydrogens is 346 g/mol. The van der Waals surface area contributed by atoms with Gasteiger partial charge in [-0.1, -0.05) is 11.6 Å². The fraction of sp³-hybridized carbons (Fsp3) is 0.111. The van der Waals surface area contributed by atoms with Gasteiger partial charge in [-0.05, 0) is 42.5 Å². The molecule has 3 aromatic rings. The number of rotatable bonds is 4. The number of fused-ring (bicyclic) bond motifs is 1. The molecule has 0 saturated carbocycles. The maximum Gasteiger partial charge on any atom is 0.349 e. The Morgan fingerprint density at radius 1 is 1.08 bits per heavy atom. The van der Waals surface area contributed by atoms with Crippen molar-refractivity contribution >= 4 is 34.2 Å². The Labute approximate surface area is 147 Å². The summed E-state index contributed by atoms with van der Waals surface area (Å²) in [5.41, 5.74) is -0.160. The molecule has 25 heavy (non-hydrogen) atoms. The van der Waals surface area contributed by atoms with Crippen LogP contribution in [0.25, 0.3) is 11.0 Å². The number of hydrogen-bond donors (Lipinski definition) is 1. The summed E-state index contributed by atoms with van der Waals surface area (Å²) in [6, 6.07) is 11.2. The van der Waals surface area contributed by atoms with Gasteiger partial charge in [-0.15, -0.1) is 0 Å². The van der Waals surface area contributed by atoms with Crippen molar-refractivity contribution in [3.63, 3.8) is 0 Å². The lowest BCUT2D eigenvalue weighted by Gasteiger charge is -2.10. The topological polar surface area (TPSA) is 77.8 Å². The monoisotopic (exact) mass is 359 g/mol. The Hall–Kier alpha value is -2.99. The zero-order valence-corrected chi connectivity index (χ0v) is 14.2. The van der Waals surface area contributed by atoms with Crippen LogP contribution in [0.5, 0.6) is 11.5 Å². The van der Waals surface area contributed by atoms with Gasteiger partial charge in [-0.3, -0.25) is 4.79 Å². The van der Waals surface area contributed by atoms with Crippen LogP contribution >= 0.6 is 11.6 Å². The van der Waals surface area contributed by atoms with Crippen molar-refractivity contribution in [2.45, 2.75) is 0 Å². The average molecular weight is 360 g/mol. The van der Waals surface area contributed by atoms with Gasteiger partial charge in [0, 0.05) is 10.4 Å². The molecular formula is C18H14ClNO5. The third-order valence-electron chi connectivity index (χ3n) is 3.59. The van der Waals surface area contributed by atoms with Crippen molar-refractivity contribution in [3.8, 4) is 11.5 Å². The summed E-state index contributed by atoms with van der Waals surface area (Å²) in [4.78, 5) is 24.6. The second-order valence-electron chi connectivity index (χ2n) is 5.15. The molecule has 0 aliphatic rings. The zero-order valence-electron chi connectivity index (χ0n) is 13.5. The Morgan fingerprint density at radius 3 is 2.60 bits per heavy atom. The van der Waals surface area contributed by atoms with Gasteiger partial charge < -0.3 is 19.2 Å². The summed E-state index contributed by atoms with van der Waals surface area (Å²) in [6.45, 7) is 0. The van der Waals surface area contributed by atoms with E-state index in [1.807, 2.05) is 0 Å². The van der Waals surface area contributed by atoms with Crippen LogP contribution in [0.3, 0.4) is 0 Å². The Morgan fingerprint density at radius 2 is 1.88 bits per heavy atom. The third-order valence-corrected chi connectivity index (χ3v) is 3.83. The van der Waals surface area contributed by atoms with Gasteiger partial charge in [0.2, 0.25) is 0 Å². The first-order valence-electron chi connectivity index (χ1n) is 7.28. The highest BCUT2D eigenvalue weighted by molar-refractivity contribution is 6.31. The molecule has 1 N–H and O–H groups in total. The fourth-order valence-electron chi connectivity index (χ4n) is 2.35. The van der Waals surface area contributed by atoms with Crippen molar-refractivity contribution in [3.05, 3.63) is 63.5 Å². The van der Waals surface area contributed by atoms with E-state index in [4.69, 9.17) is 25.5 Å². The number of anilines is 1. The highest BCUT2D eigenvalue weighted by Crippen LogP contribution is 2.28. The molecule has 0 fully saturated rings. The second kappa shape index (κ2) is 6.86. The average Bonchev–Trinajstić information content (AvgIpc) is 2.61. The molecule has 0 bridgehead atoms. The minimum atomic E-state index is -0.740. The lowest BCUT2D eigenvalue weighted by atomic mass is 10.1. The summed E-state index contributed by atoms with van der Waals surface area (Å²) in [6.07, 6.45) is 0. The SMILES string of the molecule is COc1ccc2oc(=O)c(C(=O)Nc3cc(Cl)ccc3OC)cc2c1. The molecule has 3 rings (SSSR count). The number of nitrogens with one attached hydrogen (secondary N) is 1. The molecule has 1 aromatic heterocycles. The van der Waals surface area contributed by atoms with Crippen molar-refractivity contribution in [2.75, 3.05) is 19.5 Å². The molecule has 128 valence electrons. The number of halogens is 1. The van der Waals surface area contributed by atoms with Gasteiger partial charge in [0.05, 0.1) is 19.9 Å². The highest BCUT2D eigenvalue weighted by Gasteiger charge is 2.16. The van der Waals surface area contributed by atoms with Crippen LogP contribution in [-0.4, -0.2) is 20.1 Å². The highest BCUT2D eigenvalue weighted by atomic mass is 35.5. The lowest BCUT2D eigenvalue weighted by molar-refractivity contribution is 0.102. The van der Waals surface area contributed by atoms with E-state index in [-0.39, 0.29) is 5.56 Å². The minimum absolute atomic E-state index is 0.136. The van der Waals surface area contributed by atoms with Crippen molar-refractivity contribution < 1.29 is 18.7 Å². The number of ether oxygens (including phenoxy) is 2. The first kappa shape index (κ1) is 16.9. The van der Waals surface area contributed by atoms with Crippen LogP contribution in [0.2, 0.25) is 5.02 Å². The van der Waals surface area contributed by atoms with E-state index in [1.54, 1.807) is 30.3 Å². The van der Waals surface area contributed by atoms with Gasteiger partial charge in [0.25, 0.3) is 5.91 Å². The van der Waals surface area contributed by atoms with Gasteiger partial charge in [-0.2, -0.15) is 0 Å². The van der Waals surface area contributed by atoms with Gasteiger partial charge in [0.15, 0.2) is 0 Å². The normalized spacial score (nSPS) is 10.5. The Bertz CT molecular complexity index is 1010. The molecule has 0 radical (unpaired) electrons. The third kappa shape index (κ3) is 3.44. The van der Waals surface area contributed by atoms with Crippen molar-refractivity contribution in [1.29, 1.82) is 0 Å². The first-order chi connectivity index (χ1) is 12.0. The summed E-state index contributed by atoms with van der Waals surface area (Å²) in [7, 11) is 2.99. The van der Waals surface area contributed by atoms with Crippen LogP contribution in [0.15, 0.2) is 51.7 Å². The lowest BCUT2D eigenvalue weighted by Crippen LogP contribution is -2.21. The molecule has 0 spiro atoms. The maximum absolute atomic E-state index is 12.5. The predicted molar refractivity (Wildman–Crippen MR) is 95.0 cm³/mol. The quantitative estimate of drug-likeness (QED) is 0.718. The molecule has 0 unspecified atom stereocenters. The predicted octanol–water partition coefficient (Wildman–Crippen LogP) is 3.72. The summed E-state index contributed by atoms with van der Waals surface area (Å²) >= 11 is 5.95. The summed E-state index contributed by atoms with van der Waals surface area (Å²) in [5.74, 6) is 0.382. The van der Waals surface area contributed by atoms with Crippen LogP contribution in [0.4, 0.5) is 5.69 Å². The standard InChI is InChI=1S/C18H14ClNO5/c1-23-12-4-6-15-10(7-12)8-13(18(22)25-15)17(21)20-14-9-11(19)3-5-16(14)24-2/h3-9H,1-2H3,(H,20,21). The molecule has 0 aliphatic heterocycles. The number of benzene rings is 2. The number of methoxy groups -OCH3 is 2. The van der Waals surface area contributed by atoms with Gasteiger partial charge >= 0.3 is 5.63 Å². The minimum Gasteiger partial charge on any atom is -0.497 e. The van der Waals surface area contributed by atoms with Gasteiger partial charge in [-0.25, -0.2) is 4.79 Å². The van der Waals surface area contributed by atoms with E-state index < -0.39 is 11.5 Å². The molecule has 0 atom stereocenters. The molecule has 7 heteroatoms. The van der Waals surface area contributed by atoms with Gasteiger partial charge in [0.1, 0.15) is 22.6 Å². The van der Waals surface area contributed by atoms with E-state index in [2.05, 4.69) is 5.32 Å². The van der Waals surface area contributed by atoms with Crippen LogP contribution in [-0.2, 0) is 0 Å². The van der Waals surface area contributed by atoms with Crippen LogP contribution in [0.1, 0.15) is 10.4 Å². The van der Waals surface area contributed by atoms with E-state index >= 15 is 0 Å². The van der Waals surface area contributed by atoms with Crippen LogP contribution in [0, 0.1) is 0 Å². The number of carbonyl (C=O) groups is 1. The molecule has 0 saturated heterocycles. The van der Waals surface area contributed by atoms with Crippen molar-refractivity contribution in [2.24, 2.45) is 0 Å². The molecule has 2 aromatic carbocycles. The summed E-state index contributed by atoms with van der Waals surface area (Å²) < 4.78 is 15.5. The largest absolute Gasteiger partial charge is 0.497 e. The van der Waals surface area contributed by atoms with E-state index in [9.17, 15) is 9.59 Å². The summed E-state index contributed by atoms with van der Waals surface area (Å²) in [5, 5.41) is 3.61. The number of carbonyl (C=O) groups excluding carboxylic acids is 1. The number of hydrogen-bond acceptors (Lipinski definition) is 5. The first-order valence-corrected chi connectivity index (χ1v) is 7.66. The van der Waals surface area contributed by atoms with E-state index in [0.717, 1.165) is 0 Å². The zero-order chi connectivity index (χ0) is 18.0.